The number of halogens is 2. The fourth-order valence-corrected chi connectivity index (χ4v) is 2.46. The lowest BCUT2D eigenvalue weighted by Crippen LogP contribution is -2.49. The van der Waals surface area contributed by atoms with Crippen molar-refractivity contribution >= 4 is 12.4 Å². The van der Waals surface area contributed by atoms with Crippen LogP contribution in [0.5, 0.6) is 0 Å². The van der Waals surface area contributed by atoms with Gasteiger partial charge < -0.3 is 5.32 Å². The van der Waals surface area contributed by atoms with Crippen molar-refractivity contribution in [3.8, 4) is 0 Å². The SMILES string of the molecule is CC(CN1CCN[C@@H](C)C1)c1ccc(F)cc1.Cl. The summed E-state index contributed by atoms with van der Waals surface area (Å²) in [6.07, 6.45) is 0. The van der Waals surface area contributed by atoms with Gasteiger partial charge in [0.2, 0.25) is 0 Å². The van der Waals surface area contributed by atoms with Crippen molar-refractivity contribution in [1.82, 2.24) is 10.2 Å². The number of piperazine rings is 1. The van der Waals surface area contributed by atoms with Crippen molar-refractivity contribution in [2.24, 2.45) is 0 Å². The molecule has 0 bridgehead atoms. The van der Waals surface area contributed by atoms with Crippen LogP contribution < -0.4 is 5.32 Å². The van der Waals surface area contributed by atoms with Gasteiger partial charge in [0.1, 0.15) is 5.82 Å². The molecule has 1 aliphatic heterocycles. The van der Waals surface area contributed by atoms with Crippen molar-refractivity contribution in [1.29, 1.82) is 0 Å². The molecule has 0 aromatic heterocycles. The average Bonchev–Trinajstić information content (AvgIpc) is 2.29. The number of hydrogen-bond donors (Lipinski definition) is 1. The third-order valence-corrected chi connectivity index (χ3v) is 3.42. The Morgan fingerprint density at radius 2 is 2.06 bits per heavy atom. The van der Waals surface area contributed by atoms with Crippen LogP contribution >= 0.6 is 12.4 Å². The monoisotopic (exact) mass is 272 g/mol. The molecule has 1 fully saturated rings. The van der Waals surface area contributed by atoms with Gasteiger partial charge in [-0.05, 0) is 30.5 Å². The Labute approximate surface area is 115 Å². The summed E-state index contributed by atoms with van der Waals surface area (Å²) in [5, 5.41) is 3.44. The maximum absolute atomic E-state index is 12.8. The molecule has 4 heteroatoms. The molecule has 2 nitrogen and oxygen atoms in total. The molecule has 0 amide bonds. The summed E-state index contributed by atoms with van der Waals surface area (Å²) in [5.41, 5.74) is 1.22. The quantitative estimate of drug-likeness (QED) is 0.910. The molecular formula is C14H22ClFN2. The summed E-state index contributed by atoms with van der Waals surface area (Å²) in [4.78, 5) is 2.48. The van der Waals surface area contributed by atoms with Gasteiger partial charge in [-0.15, -0.1) is 12.4 Å². The molecule has 2 rings (SSSR count). The first-order valence-corrected chi connectivity index (χ1v) is 6.36. The minimum atomic E-state index is -0.156. The van der Waals surface area contributed by atoms with Crippen molar-refractivity contribution in [3.63, 3.8) is 0 Å². The summed E-state index contributed by atoms with van der Waals surface area (Å²) >= 11 is 0. The maximum Gasteiger partial charge on any atom is 0.123 e. The van der Waals surface area contributed by atoms with Crippen LogP contribution in [0.1, 0.15) is 25.3 Å². The minimum absolute atomic E-state index is 0. The second kappa shape index (κ2) is 7.07. The van der Waals surface area contributed by atoms with Crippen molar-refractivity contribution in [3.05, 3.63) is 35.6 Å². The molecule has 1 saturated heterocycles. The van der Waals surface area contributed by atoms with Gasteiger partial charge in [-0.2, -0.15) is 0 Å². The zero-order valence-corrected chi connectivity index (χ0v) is 11.8. The minimum Gasteiger partial charge on any atom is -0.312 e. The molecule has 1 heterocycles. The molecule has 0 spiro atoms. The van der Waals surface area contributed by atoms with Gasteiger partial charge in [0.05, 0.1) is 0 Å². The molecule has 1 aliphatic rings. The normalized spacial score (nSPS) is 22.3. The molecule has 1 unspecified atom stereocenters. The third-order valence-electron chi connectivity index (χ3n) is 3.42. The summed E-state index contributed by atoms with van der Waals surface area (Å²) in [6.45, 7) is 8.75. The Morgan fingerprint density at radius 3 is 2.67 bits per heavy atom. The molecule has 1 aromatic rings. The fourth-order valence-electron chi connectivity index (χ4n) is 2.46. The molecule has 102 valence electrons. The summed E-state index contributed by atoms with van der Waals surface area (Å²) in [5.74, 6) is 0.303. The van der Waals surface area contributed by atoms with E-state index in [-0.39, 0.29) is 18.2 Å². The van der Waals surface area contributed by atoms with Crippen LogP contribution in [-0.4, -0.2) is 37.1 Å². The van der Waals surface area contributed by atoms with Gasteiger partial charge in [0.25, 0.3) is 0 Å². The van der Waals surface area contributed by atoms with Crippen LogP contribution in [0.15, 0.2) is 24.3 Å². The number of hydrogen-bond acceptors (Lipinski definition) is 2. The van der Waals surface area contributed by atoms with Gasteiger partial charge >= 0.3 is 0 Å². The third kappa shape index (κ3) is 4.23. The topological polar surface area (TPSA) is 15.3 Å². The Balaban J connectivity index is 0.00000162. The van der Waals surface area contributed by atoms with Crippen LogP contribution in [0.3, 0.4) is 0 Å². The highest BCUT2D eigenvalue weighted by Crippen LogP contribution is 2.17. The van der Waals surface area contributed by atoms with Crippen LogP contribution in [-0.2, 0) is 0 Å². The number of nitrogens with zero attached hydrogens (tertiary/aromatic N) is 1. The van der Waals surface area contributed by atoms with Gasteiger partial charge in [-0.3, -0.25) is 4.90 Å². The van der Waals surface area contributed by atoms with Crippen LogP contribution in [0.2, 0.25) is 0 Å². The lowest BCUT2D eigenvalue weighted by atomic mass is 10.00. The molecule has 0 saturated carbocycles. The Hall–Kier alpha value is -0.640. The first kappa shape index (κ1) is 15.4. The van der Waals surface area contributed by atoms with Gasteiger partial charge in [-0.1, -0.05) is 19.1 Å². The molecule has 0 aliphatic carbocycles. The summed E-state index contributed by atoms with van der Waals surface area (Å²) < 4.78 is 12.8. The second-order valence-electron chi connectivity index (χ2n) is 5.07. The molecule has 1 N–H and O–H groups in total. The zero-order chi connectivity index (χ0) is 12.3. The number of nitrogens with one attached hydrogen (secondary N) is 1. The van der Waals surface area contributed by atoms with Gasteiger partial charge in [-0.25, -0.2) is 4.39 Å². The smallest absolute Gasteiger partial charge is 0.123 e. The molecule has 0 radical (unpaired) electrons. The van der Waals surface area contributed by atoms with E-state index in [2.05, 4.69) is 24.1 Å². The van der Waals surface area contributed by atoms with E-state index in [0.29, 0.717) is 12.0 Å². The van der Waals surface area contributed by atoms with Crippen LogP contribution in [0.25, 0.3) is 0 Å². The highest BCUT2D eigenvalue weighted by Gasteiger charge is 2.18. The largest absolute Gasteiger partial charge is 0.312 e. The van der Waals surface area contributed by atoms with E-state index < -0.39 is 0 Å². The zero-order valence-electron chi connectivity index (χ0n) is 11.0. The van der Waals surface area contributed by atoms with Crippen LogP contribution in [0, 0.1) is 5.82 Å². The fraction of sp³-hybridized carbons (Fsp3) is 0.571. The maximum atomic E-state index is 12.8. The molecule has 2 atom stereocenters. The van der Waals surface area contributed by atoms with Crippen molar-refractivity contribution in [2.45, 2.75) is 25.8 Å². The molecular weight excluding hydrogens is 251 g/mol. The Kier molecular flexibility index (Phi) is 6.06. The van der Waals surface area contributed by atoms with Gasteiger partial charge in [0.15, 0.2) is 0 Å². The van der Waals surface area contributed by atoms with Crippen molar-refractivity contribution in [2.75, 3.05) is 26.2 Å². The average molecular weight is 273 g/mol. The Morgan fingerprint density at radius 1 is 1.39 bits per heavy atom. The summed E-state index contributed by atoms with van der Waals surface area (Å²) in [7, 11) is 0. The number of rotatable bonds is 3. The van der Waals surface area contributed by atoms with E-state index >= 15 is 0 Å². The highest BCUT2D eigenvalue weighted by atomic mass is 35.5. The van der Waals surface area contributed by atoms with Crippen molar-refractivity contribution < 1.29 is 4.39 Å². The first-order chi connectivity index (χ1) is 8.15. The predicted molar refractivity (Wildman–Crippen MR) is 76.0 cm³/mol. The predicted octanol–water partition coefficient (Wildman–Crippen LogP) is 2.64. The number of benzene rings is 1. The second-order valence-corrected chi connectivity index (χ2v) is 5.07. The van der Waals surface area contributed by atoms with E-state index in [1.54, 1.807) is 12.1 Å². The molecule has 1 aromatic carbocycles. The highest BCUT2D eigenvalue weighted by molar-refractivity contribution is 5.85. The van der Waals surface area contributed by atoms with E-state index in [0.717, 1.165) is 26.2 Å². The first-order valence-electron chi connectivity index (χ1n) is 6.36. The van der Waals surface area contributed by atoms with Crippen LogP contribution in [0.4, 0.5) is 4.39 Å². The van der Waals surface area contributed by atoms with E-state index in [9.17, 15) is 4.39 Å². The van der Waals surface area contributed by atoms with Gasteiger partial charge in [0, 0.05) is 32.2 Å². The lowest BCUT2D eigenvalue weighted by Gasteiger charge is -2.33. The van der Waals surface area contributed by atoms with E-state index in [1.807, 2.05) is 12.1 Å². The summed E-state index contributed by atoms with van der Waals surface area (Å²) in [6, 6.07) is 7.46. The molecule has 18 heavy (non-hydrogen) atoms. The standard InChI is InChI=1S/C14H21FN2.ClH/c1-11(13-3-5-14(15)6-4-13)9-17-8-7-16-12(2)10-17;/h3-6,11-12,16H,7-10H2,1-2H3;1H/t11?,12-;/m0./s1. The lowest BCUT2D eigenvalue weighted by molar-refractivity contribution is 0.198. The van der Waals surface area contributed by atoms with E-state index in [4.69, 9.17) is 0 Å². The Bertz CT molecular complexity index is 355. The van der Waals surface area contributed by atoms with E-state index in [1.165, 1.54) is 5.56 Å².